The predicted molar refractivity (Wildman–Crippen MR) is 267 cm³/mol. The Labute approximate surface area is 369 Å². The normalized spacial score (nSPS) is 11.6. The third-order valence-electron chi connectivity index (χ3n) is 12.4. The summed E-state index contributed by atoms with van der Waals surface area (Å²) in [5, 5.41) is 11.5. The van der Waals surface area contributed by atoms with Gasteiger partial charge in [-0.3, -0.25) is 4.57 Å². The number of fused-ring (bicyclic) bond motifs is 11. The molecule has 0 saturated carbocycles. The van der Waals surface area contributed by atoms with Crippen molar-refractivity contribution in [3.8, 4) is 51.0 Å². The number of benzene rings is 10. The van der Waals surface area contributed by atoms with E-state index in [1.165, 1.54) is 21.5 Å². The highest BCUT2D eigenvalue weighted by Gasteiger charge is 2.23. The lowest BCUT2D eigenvalue weighted by molar-refractivity contribution is 0.669. The molecule has 0 unspecified atom stereocenters. The minimum atomic E-state index is 0.546. The van der Waals surface area contributed by atoms with Gasteiger partial charge in [0.05, 0.1) is 11.0 Å². The minimum absolute atomic E-state index is 0.546. The molecule has 0 saturated heterocycles. The zero-order valence-corrected chi connectivity index (χ0v) is 35.3. The highest BCUT2D eigenvalue weighted by molar-refractivity contribution is 6.24. The molecular weight excluding hydrogens is 781 g/mol. The molecule has 0 fully saturated rings. The maximum absolute atomic E-state index is 6.62. The van der Waals surface area contributed by atoms with Gasteiger partial charge in [0.15, 0.2) is 11.6 Å². The molecule has 0 aliphatic heterocycles. The Balaban J connectivity index is 0.00000214. The van der Waals surface area contributed by atoms with Crippen LogP contribution in [-0.4, -0.2) is 19.5 Å². The molecule has 5 nitrogen and oxygen atoms in total. The summed E-state index contributed by atoms with van der Waals surface area (Å²) in [5.74, 6) is 1.75. The van der Waals surface area contributed by atoms with E-state index < -0.39 is 0 Å². The van der Waals surface area contributed by atoms with Crippen molar-refractivity contribution in [2.75, 3.05) is 0 Å². The summed E-state index contributed by atoms with van der Waals surface area (Å²) in [4.78, 5) is 16.0. The van der Waals surface area contributed by atoms with Crippen molar-refractivity contribution in [2.24, 2.45) is 0 Å². The molecule has 13 rings (SSSR count). The van der Waals surface area contributed by atoms with Crippen LogP contribution in [0.2, 0.25) is 0 Å². The van der Waals surface area contributed by atoms with Gasteiger partial charge in [0.2, 0.25) is 5.95 Å². The molecule has 302 valence electrons. The van der Waals surface area contributed by atoms with E-state index in [1.807, 2.05) is 19.9 Å². The molecule has 0 radical (unpaired) electrons. The number of para-hydroxylation sites is 1. The lowest BCUT2D eigenvalue weighted by atomic mass is 9.98. The van der Waals surface area contributed by atoms with E-state index in [9.17, 15) is 0 Å². The van der Waals surface area contributed by atoms with Gasteiger partial charge >= 0.3 is 0 Å². The lowest BCUT2D eigenvalue weighted by Gasteiger charge is -2.13. The molecule has 0 spiro atoms. The van der Waals surface area contributed by atoms with Gasteiger partial charge in [0.25, 0.3) is 0 Å². The van der Waals surface area contributed by atoms with Crippen LogP contribution in [0.5, 0.6) is 0 Å². The van der Waals surface area contributed by atoms with Crippen LogP contribution in [0.25, 0.3) is 127 Å². The first-order chi connectivity index (χ1) is 31.7. The number of rotatable bonds is 5. The van der Waals surface area contributed by atoms with Gasteiger partial charge in [-0.05, 0) is 79.3 Å². The fourth-order valence-electron chi connectivity index (χ4n) is 9.48. The first-order valence-electron chi connectivity index (χ1n) is 21.9. The molecule has 0 atom stereocenters. The smallest absolute Gasteiger partial charge is 0.238 e. The van der Waals surface area contributed by atoms with E-state index in [-0.39, 0.29) is 0 Å². The third kappa shape index (κ3) is 6.04. The second kappa shape index (κ2) is 15.2. The van der Waals surface area contributed by atoms with Crippen LogP contribution in [0.4, 0.5) is 0 Å². The zero-order valence-electron chi connectivity index (χ0n) is 35.3. The molecule has 0 amide bonds. The summed E-state index contributed by atoms with van der Waals surface area (Å²) < 4.78 is 8.87. The number of aromatic nitrogens is 4. The van der Waals surface area contributed by atoms with Gasteiger partial charge in [-0.2, -0.15) is 9.97 Å². The van der Waals surface area contributed by atoms with Crippen LogP contribution in [-0.2, 0) is 0 Å². The number of hydrogen-bond acceptors (Lipinski definition) is 4. The molecular formula is C59H40N4O. The van der Waals surface area contributed by atoms with Crippen LogP contribution >= 0.6 is 0 Å². The summed E-state index contributed by atoms with van der Waals surface area (Å²) in [6.45, 7) is 4.00. The van der Waals surface area contributed by atoms with E-state index >= 15 is 0 Å². The fourth-order valence-corrected chi connectivity index (χ4v) is 9.48. The Hall–Kier alpha value is -8.41. The zero-order chi connectivity index (χ0) is 42.7. The van der Waals surface area contributed by atoms with E-state index in [4.69, 9.17) is 19.4 Å². The van der Waals surface area contributed by atoms with Gasteiger partial charge in [-0.1, -0.05) is 190 Å². The average Bonchev–Trinajstić information content (AvgIpc) is 3.93. The van der Waals surface area contributed by atoms with E-state index in [0.717, 1.165) is 87.9 Å². The second-order valence-corrected chi connectivity index (χ2v) is 16.0. The van der Waals surface area contributed by atoms with Crippen molar-refractivity contribution in [1.29, 1.82) is 0 Å². The molecule has 0 N–H and O–H groups in total. The van der Waals surface area contributed by atoms with Crippen LogP contribution < -0.4 is 0 Å². The summed E-state index contributed by atoms with van der Waals surface area (Å²) in [6.07, 6.45) is 0. The fraction of sp³-hybridized carbons (Fsp3) is 0.0339. The quantitative estimate of drug-likeness (QED) is 0.174. The van der Waals surface area contributed by atoms with Gasteiger partial charge in [-0.15, -0.1) is 0 Å². The van der Waals surface area contributed by atoms with Gasteiger partial charge in [-0.25, -0.2) is 4.98 Å². The van der Waals surface area contributed by atoms with E-state index in [1.54, 1.807) is 0 Å². The van der Waals surface area contributed by atoms with Crippen molar-refractivity contribution in [2.45, 2.75) is 13.8 Å². The van der Waals surface area contributed by atoms with E-state index in [0.29, 0.717) is 17.6 Å². The predicted octanol–water partition coefficient (Wildman–Crippen LogP) is 16.0. The number of hydrogen-bond donors (Lipinski definition) is 0. The Kier molecular flexibility index (Phi) is 8.87. The van der Waals surface area contributed by atoms with Crippen molar-refractivity contribution in [3.63, 3.8) is 0 Å². The van der Waals surface area contributed by atoms with Crippen LogP contribution in [0, 0.1) is 0 Å². The monoisotopic (exact) mass is 820 g/mol. The van der Waals surface area contributed by atoms with Crippen LogP contribution in [0.1, 0.15) is 13.8 Å². The van der Waals surface area contributed by atoms with Crippen molar-refractivity contribution in [1.82, 2.24) is 19.5 Å². The first-order valence-corrected chi connectivity index (χ1v) is 21.9. The average molecular weight is 821 g/mol. The maximum atomic E-state index is 6.62. The molecule has 0 aliphatic rings. The molecule has 13 aromatic rings. The van der Waals surface area contributed by atoms with Crippen molar-refractivity contribution >= 4 is 76.1 Å². The largest absolute Gasteiger partial charge is 0.456 e. The number of nitrogens with zero attached hydrogens (tertiary/aromatic N) is 4. The molecule has 0 aliphatic carbocycles. The Bertz CT molecular complexity index is 3920. The second-order valence-electron chi connectivity index (χ2n) is 16.0. The Morgan fingerprint density at radius 3 is 1.72 bits per heavy atom. The van der Waals surface area contributed by atoms with E-state index in [2.05, 4.69) is 205 Å². The summed E-state index contributed by atoms with van der Waals surface area (Å²) in [7, 11) is 0. The Morgan fingerprint density at radius 1 is 0.359 bits per heavy atom. The highest BCUT2D eigenvalue weighted by Crippen LogP contribution is 2.43. The maximum Gasteiger partial charge on any atom is 0.238 e. The SMILES string of the molecule is CC.c1ccc(-c2ccc(-c3nc(-c4ccc5ccccc5c4)nc(-n4c5ccc6ccccc6c5c5cccc(-c6ccc7c(c6)oc6ccc8ccccc8c67)c54)n3)cc2)cc1. The number of furan rings is 1. The van der Waals surface area contributed by atoms with Crippen LogP contribution in [0.15, 0.2) is 211 Å². The molecule has 10 aromatic carbocycles. The van der Waals surface area contributed by atoms with Gasteiger partial charge < -0.3 is 4.42 Å². The Morgan fingerprint density at radius 2 is 0.938 bits per heavy atom. The van der Waals surface area contributed by atoms with Crippen molar-refractivity contribution < 1.29 is 4.42 Å². The third-order valence-corrected chi connectivity index (χ3v) is 12.4. The lowest BCUT2D eigenvalue weighted by Crippen LogP contribution is -2.07. The van der Waals surface area contributed by atoms with Gasteiger partial charge in [0.1, 0.15) is 11.2 Å². The molecule has 3 heterocycles. The summed E-state index contributed by atoms with van der Waals surface area (Å²) in [5.41, 5.74) is 9.97. The molecule has 3 aromatic heterocycles. The first kappa shape index (κ1) is 37.4. The topological polar surface area (TPSA) is 56.7 Å². The minimum Gasteiger partial charge on any atom is -0.456 e. The summed E-state index contributed by atoms with van der Waals surface area (Å²) in [6, 6.07) is 72.7. The standard InChI is InChI=1S/C57H34N4O.C2H6/c1-2-11-35(12-3-1)37-21-24-40(25-22-37)55-58-56(43-26-23-36-13-4-5-16-41(36)33-43)60-57(59-55)61-49-31-28-38-14-6-8-17-44(38)52(49)48-20-10-19-46(54(48)61)42-27-30-47-51(34-42)62-50-32-29-39-15-7-9-18-45(39)53(47)50;1-2/h1-34H;1-2H3. The summed E-state index contributed by atoms with van der Waals surface area (Å²) >= 11 is 0. The van der Waals surface area contributed by atoms with Crippen LogP contribution in [0.3, 0.4) is 0 Å². The van der Waals surface area contributed by atoms with Gasteiger partial charge in [0, 0.05) is 38.2 Å². The molecule has 64 heavy (non-hydrogen) atoms. The molecule has 0 bridgehead atoms. The van der Waals surface area contributed by atoms with Crippen molar-refractivity contribution in [3.05, 3.63) is 206 Å². The highest BCUT2D eigenvalue weighted by atomic mass is 16.3. The molecule has 5 heteroatoms.